The Bertz CT molecular complexity index is 649. The van der Waals surface area contributed by atoms with Crippen molar-refractivity contribution < 1.29 is 13.2 Å². The molecule has 0 aromatic heterocycles. The van der Waals surface area contributed by atoms with E-state index in [-0.39, 0.29) is 0 Å². The highest BCUT2D eigenvalue weighted by Crippen LogP contribution is 2.31. The Labute approximate surface area is 140 Å². The molecule has 5 heteroatoms. The highest BCUT2D eigenvalue weighted by molar-refractivity contribution is 5.48. The van der Waals surface area contributed by atoms with Crippen LogP contribution in [0, 0.1) is 0 Å². The molecule has 0 aliphatic carbocycles. The molecule has 2 aromatic carbocycles. The normalized spacial score (nSPS) is 16.1. The van der Waals surface area contributed by atoms with Gasteiger partial charge in [-0.25, -0.2) is 0 Å². The summed E-state index contributed by atoms with van der Waals surface area (Å²) in [6.07, 6.45) is -2.32. The smallest absolute Gasteiger partial charge is 0.364 e. The molecule has 0 saturated carbocycles. The SMILES string of the molecule is FC(F)(F)c1cccc(CN(c2ccccc2)C2CCNCC2)c1. The summed E-state index contributed by atoms with van der Waals surface area (Å²) in [4.78, 5) is 2.23. The van der Waals surface area contributed by atoms with E-state index in [0.717, 1.165) is 37.7 Å². The van der Waals surface area contributed by atoms with E-state index in [2.05, 4.69) is 10.2 Å². The van der Waals surface area contributed by atoms with Gasteiger partial charge in [-0.2, -0.15) is 13.2 Å². The number of hydrogen-bond donors (Lipinski definition) is 1. The molecule has 1 saturated heterocycles. The maximum atomic E-state index is 13.0. The number of alkyl halides is 3. The third-order valence-corrected chi connectivity index (χ3v) is 4.44. The lowest BCUT2D eigenvalue weighted by Gasteiger charge is -2.36. The van der Waals surface area contributed by atoms with Crippen LogP contribution in [0.5, 0.6) is 0 Å². The number of nitrogens with one attached hydrogen (secondary N) is 1. The lowest BCUT2D eigenvalue weighted by molar-refractivity contribution is -0.137. The Kier molecular flexibility index (Phi) is 5.09. The van der Waals surface area contributed by atoms with Crippen LogP contribution in [0.25, 0.3) is 0 Å². The second-order valence-electron chi connectivity index (χ2n) is 6.14. The van der Waals surface area contributed by atoms with E-state index in [0.29, 0.717) is 18.2 Å². The Morgan fingerprint density at radius 3 is 2.33 bits per heavy atom. The summed E-state index contributed by atoms with van der Waals surface area (Å²) in [5, 5.41) is 3.34. The molecule has 0 amide bonds. The third-order valence-electron chi connectivity index (χ3n) is 4.44. The number of halogens is 3. The van der Waals surface area contributed by atoms with Crippen molar-refractivity contribution in [2.75, 3.05) is 18.0 Å². The number of benzene rings is 2. The van der Waals surface area contributed by atoms with Crippen molar-refractivity contribution in [2.45, 2.75) is 31.6 Å². The molecule has 0 unspecified atom stereocenters. The molecule has 1 aliphatic rings. The van der Waals surface area contributed by atoms with E-state index in [9.17, 15) is 13.2 Å². The van der Waals surface area contributed by atoms with E-state index < -0.39 is 11.7 Å². The lowest BCUT2D eigenvalue weighted by Crippen LogP contribution is -2.43. The number of anilines is 1. The highest BCUT2D eigenvalue weighted by Gasteiger charge is 2.30. The average molecular weight is 334 g/mol. The van der Waals surface area contributed by atoms with Crippen LogP contribution in [-0.4, -0.2) is 19.1 Å². The molecule has 2 nitrogen and oxygen atoms in total. The summed E-state index contributed by atoms with van der Waals surface area (Å²) >= 11 is 0. The van der Waals surface area contributed by atoms with Crippen molar-refractivity contribution in [3.8, 4) is 0 Å². The van der Waals surface area contributed by atoms with Gasteiger partial charge in [0, 0.05) is 18.3 Å². The van der Waals surface area contributed by atoms with E-state index in [4.69, 9.17) is 0 Å². The molecular formula is C19H21F3N2. The van der Waals surface area contributed by atoms with Crippen LogP contribution < -0.4 is 10.2 Å². The number of hydrogen-bond acceptors (Lipinski definition) is 2. The zero-order valence-electron chi connectivity index (χ0n) is 13.4. The Morgan fingerprint density at radius 1 is 0.958 bits per heavy atom. The summed E-state index contributed by atoms with van der Waals surface area (Å²) in [7, 11) is 0. The van der Waals surface area contributed by atoms with Crippen molar-refractivity contribution in [3.63, 3.8) is 0 Å². The molecule has 3 rings (SSSR count). The van der Waals surface area contributed by atoms with Crippen LogP contribution >= 0.6 is 0 Å². The fourth-order valence-electron chi connectivity index (χ4n) is 3.21. The topological polar surface area (TPSA) is 15.3 Å². The molecule has 1 N–H and O–H groups in total. The van der Waals surface area contributed by atoms with Gasteiger partial charge in [-0.1, -0.05) is 30.3 Å². The van der Waals surface area contributed by atoms with Gasteiger partial charge in [0.25, 0.3) is 0 Å². The molecular weight excluding hydrogens is 313 g/mol. The molecule has 0 atom stereocenters. The minimum atomic E-state index is -4.30. The van der Waals surface area contributed by atoms with Gasteiger partial charge in [-0.15, -0.1) is 0 Å². The standard InChI is InChI=1S/C19H21F3N2/c20-19(21,22)16-6-4-5-15(13-16)14-24(17-7-2-1-3-8-17)18-9-11-23-12-10-18/h1-8,13,18,23H,9-12,14H2. The van der Waals surface area contributed by atoms with E-state index in [1.807, 2.05) is 30.3 Å². The maximum Gasteiger partial charge on any atom is 0.416 e. The largest absolute Gasteiger partial charge is 0.416 e. The first-order chi connectivity index (χ1) is 11.5. The van der Waals surface area contributed by atoms with Crippen LogP contribution in [0.3, 0.4) is 0 Å². The first-order valence-corrected chi connectivity index (χ1v) is 8.22. The van der Waals surface area contributed by atoms with Gasteiger partial charge in [0.05, 0.1) is 5.56 Å². The summed E-state index contributed by atoms with van der Waals surface area (Å²) in [6.45, 7) is 2.37. The van der Waals surface area contributed by atoms with Crippen LogP contribution in [0.4, 0.5) is 18.9 Å². The van der Waals surface area contributed by atoms with E-state index in [1.165, 1.54) is 12.1 Å². The number of rotatable bonds is 4. The van der Waals surface area contributed by atoms with Gasteiger partial charge < -0.3 is 10.2 Å². The summed E-state index contributed by atoms with van der Waals surface area (Å²) in [5.41, 5.74) is 1.16. The predicted octanol–water partition coefficient (Wildman–Crippen LogP) is 4.46. The predicted molar refractivity (Wildman–Crippen MR) is 90.0 cm³/mol. The minimum Gasteiger partial charge on any atom is -0.364 e. The van der Waals surface area contributed by atoms with Crippen molar-refractivity contribution in [1.82, 2.24) is 5.32 Å². The molecule has 24 heavy (non-hydrogen) atoms. The fourth-order valence-corrected chi connectivity index (χ4v) is 3.21. The van der Waals surface area contributed by atoms with Gasteiger partial charge in [0.2, 0.25) is 0 Å². The maximum absolute atomic E-state index is 13.0. The molecule has 0 radical (unpaired) electrons. The highest BCUT2D eigenvalue weighted by atomic mass is 19.4. The average Bonchev–Trinajstić information content (AvgIpc) is 2.61. The van der Waals surface area contributed by atoms with Crippen molar-refractivity contribution in [2.24, 2.45) is 0 Å². The Hall–Kier alpha value is -2.01. The second kappa shape index (κ2) is 7.26. The molecule has 1 heterocycles. The summed E-state index contributed by atoms with van der Waals surface area (Å²) in [6, 6.07) is 15.9. The zero-order chi connectivity index (χ0) is 17.0. The van der Waals surface area contributed by atoms with Crippen molar-refractivity contribution in [3.05, 3.63) is 65.7 Å². The molecule has 0 bridgehead atoms. The number of para-hydroxylation sites is 1. The number of nitrogens with zero attached hydrogens (tertiary/aromatic N) is 1. The Balaban J connectivity index is 1.86. The van der Waals surface area contributed by atoms with Gasteiger partial charge in [-0.3, -0.25) is 0 Å². The molecule has 1 fully saturated rings. The van der Waals surface area contributed by atoms with E-state index >= 15 is 0 Å². The summed E-state index contributed by atoms with van der Waals surface area (Å²) < 4.78 is 38.9. The van der Waals surface area contributed by atoms with Crippen molar-refractivity contribution >= 4 is 5.69 Å². The van der Waals surface area contributed by atoms with E-state index in [1.54, 1.807) is 6.07 Å². The second-order valence-corrected chi connectivity index (χ2v) is 6.14. The van der Waals surface area contributed by atoms with Gasteiger partial charge in [-0.05, 0) is 55.8 Å². The monoisotopic (exact) mass is 334 g/mol. The fraction of sp³-hybridized carbons (Fsp3) is 0.368. The molecule has 1 aliphatic heterocycles. The van der Waals surface area contributed by atoms with Gasteiger partial charge >= 0.3 is 6.18 Å². The molecule has 2 aromatic rings. The van der Waals surface area contributed by atoms with Crippen LogP contribution in [-0.2, 0) is 12.7 Å². The molecule has 128 valence electrons. The Morgan fingerprint density at radius 2 is 1.67 bits per heavy atom. The lowest BCUT2D eigenvalue weighted by atomic mass is 10.0. The van der Waals surface area contributed by atoms with Crippen molar-refractivity contribution in [1.29, 1.82) is 0 Å². The minimum absolute atomic E-state index is 0.336. The summed E-state index contributed by atoms with van der Waals surface area (Å²) in [5.74, 6) is 0. The molecule has 0 spiro atoms. The van der Waals surface area contributed by atoms with Crippen LogP contribution in [0.15, 0.2) is 54.6 Å². The van der Waals surface area contributed by atoms with Crippen LogP contribution in [0.1, 0.15) is 24.0 Å². The quantitative estimate of drug-likeness (QED) is 0.888. The zero-order valence-corrected chi connectivity index (χ0v) is 13.4. The first kappa shape index (κ1) is 16.8. The van der Waals surface area contributed by atoms with Gasteiger partial charge in [0.1, 0.15) is 0 Å². The van der Waals surface area contributed by atoms with Gasteiger partial charge in [0.15, 0.2) is 0 Å². The third kappa shape index (κ3) is 4.09. The first-order valence-electron chi connectivity index (χ1n) is 8.22. The van der Waals surface area contributed by atoms with Crippen LogP contribution in [0.2, 0.25) is 0 Å². The number of piperidine rings is 1.